The van der Waals surface area contributed by atoms with Crippen LogP contribution in [0.5, 0.6) is 0 Å². The van der Waals surface area contributed by atoms with Gasteiger partial charge in [-0.3, -0.25) is 18.9 Å². The number of aryl methyl sites for hydroxylation is 2. The van der Waals surface area contributed by atoms with Gasteiger partial charge in [0.15, 0.2) is 11.6 Å². The minimum Gasteiger partial charge on any atom is -0.397 e. The van der Waals surface area contributed by atoms with Crippen LogP contribution < -0.4 is 16.4 Å². The summed E-state index contributed by atoms with van der Waals surface area (Å²) >= 11 is 5.67. The predicted molar refractivity (Wildman–Crippen MR) is 151 cm³/mol. The van der Waals surface area contributed by atoms with Gasteiger partial charge in [0, 0.05) is 74.7 Å². The van der Waals surface area contributed by atoms with Crippen molar-refractivity contribution in [2.24, 2.45) is 0 Å². The van der Waals surface area contributed by atoms with Crippen molar-refractivity contribution >= 4 is 108 Å². The van der Waals surface area contributed by atoms with Crippen molar-refractivity contribution in [3.63, 3.8) is 0 Å². The Hall–Kier alpha value is -2.35. The summed E-state index contributed by atoms with van der Waals surface area (Å²) in [6.45, 7) is 8.99. The van der Waals surface area contributed by atoms with E-state index in [1.807, 2.05) is 13.0 Å². The molecule has 197 valence electrons. The molecule has 12 heteroatoms. The largest absolute Gasteiger partial charge is 0.397 e. The van der Waals surface area contributed by atoms with Crippen molar-refractivity contribution in [1.29, 1.82) is 0 Å². The molecule has 0 saturated heterocycles. The fourth-order valence-electron chi connectivity index (χ4n) is 4.70. The average Bonchev–Trinajstić information content (AvgIpc) is 2.84. The number of hydrogen-bond donors (Lipinski definition) is 4. The zero-order valence-corrected chi connectivity index (χ0v) is 26.4. The maximum Gasteiger partial charge on any atom is 0.296 e. The number of fused-ring (bicyclic) bond motifs is 2. The van der Waals surface area contributed by atoms with Crippen LogP contribution >= 0.6 is 11.6 Å². The van der Waals surface area contributed by atoms with Crippen molar-refractivity contribution in [3.8, 4) is 0 Å². The standard InChI is InChI=1S/C27H24ClN3O6S.K/c1-12-9-13(2)24(14(3)18(12)11-30-27(34)15(4)28)31-19-10-20(38(35,36)37)23(29)22-21(19)25(32)16-7-5-6-8-17(16)26(22)33;/h5-10,31H,4,11,29H2,1-3H3,(H,30,34)(H,35,36,37);. The van der Waals surface area contributed by atoms with E-state index in [0.29, 0.717) is 11.3 Å². The third-order valence-electron chi connectivity index (χ3n) is 6.54. The number of anilines is 3. The molecule has 5 N–H and O–H groups in total. The Morgan fingerprint density at radius 3 is 2.13 bits per heavy atom. The van der Waals surface area contributed by atoms with E-state index < -0.39 is 38.2 Å². The summed E-state index contributed by atoms with van der Waals surface area (Å²) in [7, 11) is -4.86. The quantitative estimate of drug-likeness (QED) is 0.113. The van der Waals surface area contributed by atoms with E-state index in [1.54, 1.807) is 26.0 Å². The van der Waals surface area contributed by atoms with Crippen LogP contribution in [0.2, 0.25) is 0 Å². The number of nitrogen functional groups attached to an aromatic ring is 1. The Bertz CT molecular complexity index is 1700. The third kappa shape index (κ3) is 5.77. The predicted octanol–water partition coefficient (Wildman–Crippen LogP) is 3.95. The molecule has 0 aliphatic heterocycles. The summed E-state index contributed by atoms with van der Waals surface area (Å²) in [5.74, 6) is -1.70. The number of benzene rings is 3. The van der Waals surface area contributed by atoms with E-state index in [2.05, 4.69) is 17.2 Å². The summed E-state index contributed by atoms with van der Waals surface area (Å²) in [5.41, 5.74) is 8.90. The number of halogens is 1. The third-order valence-corrected chi connectivity index (χ3v) is 7.61. The molecular weight excluding hydrogens is 569 g/mol. The summed E-state index contributed by atoms with van der Waals surface area (Å²) in [5, 5.41) is 5.62. The minimum absolute atomic E-state index is 0. The molecule has 9 nitrogen and oxygen atoms in total. The number of nitrogens with two attached hydrogens (primary N) is 1. The SMILES string of the molecule is C=C(Cl)C(=O)NCc1c(C)cc(C)c(Nc2cc(S(=O)(=O)O)c(N)c3c2C(=O)c2ccccc2C3=O)c1C.[K]. The molecule has 4 rings (SSSR count). The first kappa shape index (κ1) is 31.2. The van der Waals surface area contributed by atoms with Gasteiger partial charge >= 0.3 is 0 Å². The van der Waals surface area contributed by atoms with Gasteiger partial charge in [-0.2, -0.15) is 8.42 Å². The molecule has 0 unspecified atom stereocenters. The van der Waals surface area contributed by atoms with Gasteiger partial charge in [0.25, 0.3) is 16.0 Å². The first-order chi connectivity index (χ1) is 17.7. The average molecular weight is 593 g/mol. The molecule has 0 heterocycles. The van der Waals surface area contributed by atoms with Crippen molar-refractivity contribution < 1.29 is 27.4 Å². The molecular formula is C27H24ClKN3O6S. The molecule has 1 aliphatic carbocycles. The fraction of sp³-hybridized carbons (Fsp3) is 0.148. The van der Waals surface area contributed by atoms with Crippen LogP contribution in [0.4, 0.5) is 17.1 Å². The van der Waals surface area contributed by atoms with Gasteiger partial charge in [-0.25, -0.2) is 0 Å². The first-order valence-electron chi connectivity index (χ1n) is 11.4. The van der Waals surface area contributed by atoms with Gasteiger partial charge in [-0.1, -0.05) is 48.5 Å². The van der Waals surface area contributed by atoms with Crippen molar-refractivity contribution in [3.05, 3.63) is 92.5 Å². The van der Waals surface area contributed by atoms with Crippen LogP contribution in [-0.2, 0) is 21.5 Å². The molecule has 1 aliphatic rings. The Balaban J connectivity index is 0.00000420. The normalized spacial score (nSPS) is 12.2. The van der Waals surface area contributed by atoms with Gasteiger partial charge in [0.1, 0.15) is 4.90 Å². The van der Waals surface area contributed by atoms with Crippen LogP contribution in [0.3, 0.4) is 0 Å². The van der Waals surface area contributed by atoms with Crippen LogP contribution in [0.1, 0.15) is 54.1 Å². The molecule has 0 fully saturated rings. The number of nitrogens with one attached hydrogen (secondary N) is 2. The zero-order valence-electron chi connectivity index (χ0n) is 21.7. The molecule has 0 atom stereocenters. The van der Waals surface area contributed by atoms with E-state index in [0.717, 1.165) is 22.8 Å². The molecule has 3 aromatic rings. The van der Waals surface area contributed by atoms with E-state index in [4.69, 9.17) is 17.3 Å². The van der Waals surface area contributed by atoms with E-state index >= 15 is 0 Å². The number of carbonyl (C=O) groups is 3. The van der Waals surface area contributed by atoms with Gasteiger partial charge in [0.05, 0.1) is 27.5 Å². The second-order valence-corrected chi connectivity index (χ2v) is 10.8. The molecule has 1 radical (unpaired) electrons. The molecule has 0 spiro atoms. The Labute approximate surface area is 273 Å². The molecule has 39 heavy (non-hydrogen) atoms. The van der Waals surface area contributed by atoms with E-state index in [9.17, 15) is 27.4 Å². The molecule has 1 amide bonds. The fourth-order valence-corrected chi connectivity index (χ4v) is 5.41. The number of carbonyl (C=O) groups excluding carboxylic acids is 3. The number of ketones is 2. The van der Waals surface area contributed by atoms with Crippen molar-refractivity contribution in [2.45, 2.75) is 32.2 Å². The van der Waals surface area contributed by atoms with E-state index in [1.165, 1.54) is 12.1 Å². The second-order valence-electron chi connectivity index (χ2n) is 8.97. The van der Waals surface area contributed by atoms with E-state index in [-0.39, 0.29) is 90.9 Å². The van der Waals surface area contributed by atoms with Gasteiger partial charge < -0.3 is 16.4 Å². The maximum absolute atomic E-state index is 13.6. The van der Waals surface area contributed by atoms with Crippen LogP contribution in [0.15, 0.2) is 52.9 Å². The van der Waals surface area contributed by atoms with Crippen LogP contribution in [0, 0.1) is 20.8 Å². The second kappa shape index (κ2) is 11.6. The van der Waals surface area contributed by atoms with Gasteiger partial charge in [0.2, 0.25) is 0 Å². The molecule has 0 saturated carbocycles. The summed E-state index contributed by atoms with van der Waals surface area (Å²) < 4.78 is 34.3. The molecule has 0 bridgehead atoms. The first-order valence-corrected chi connectivity index (χ1v) is 13.2. The number of hydrogen-bond acceptors (Lipinski definition) is 7. The smallest absolute Gasteiger partial charge is 0.296 e. The Morgan fingerprint density at radius 2 is 1.59 bits per heavy atom. The van der Waals surface area contributed by atoms with Crippen LogP contribution in [0.25, 0.3) is 0 Å². The minimum atomic E-state index is -4.86. The van der Waals surface area contributed by atoms with Gasteiger partial charge in [-0.15, -0.1) is 0 Å². The topological polar surface area (TPSA) is 156 Å². The summed E-state index contributed by atoms with van der Waals surface area (Å²) in [6, 6.07) is 9.04. The van der Waals surface area contributed by atoms with Crippen molar-refractivity contribution in [1.82, 2.24) is 5.32 Å². The Morgan fingerprint density at radius 1 is 1.03 bits per heavy atom. The molecule has 3 aromatic carbocycles. The van der Waals surface area contributed by atoms with Gasteiger partial charge in [-0.05, 0) is 49.1 Å². The Kier molecular flexibility index (Phi) is 9.30. The number of amides is 1. The number of rotatable bonds is 6. The van der Waals surface area contributed by atoms with Crippen LogP contribution in [-0.4, -0.2) is 81.8 Å². The maximum atomic E-state index is 13.6. The zero-order chi connectivity index (χ0) is 28.1. The summed E-state index contributed by atoms with van der Waals surface area (Å²) in [6.07, 6.45) is 0. The molecule has 0 aromatic heterocycles. The summed E-state index contributed by atoms with van der Waals surface area (Å²) in [4.78, 5) is 38.2. The monoisotopic (exact) mass is 592 g/mol. The van der Waals surface area contributed by atoms with Crippen molar-refractivity contribution in [2.75, 3.05) is 11.1 Å².